The minimum absolute atomic E-state index is 0.121. The molecule has 1 spiro atoms. The summed E-state index contributed by atoms with van der Waals surface area (Å²) in [5.74, 6) is -1.18. The highest BCUT2D eigenvalue weighted by Gasteiger charge is 2.58. The first-order chi connectivity index (χ1) is 17.9. The molecule has 3 heterocycles. The maximum absolute atomic E-state index is 15.4. The van der Waals surface area contributed by atoms with Crippen molar-refractivity contribution in [1.29, 1.82) is 0 Å². The summed E-state index contributed by atoms with van der Waals surface area (Å²) < 4.78 is 21.2. The normalized spacial score (nSPS) is 21.0. The Kier molecular flexibility index (Phi) is 5.36. The molecule has 8 heteroatoms. The summed E-state index contributed by atoms with van der Waals surface area (Å²) >= 11 is 0. The van der Waals surface area contributed by atoms with Gasteiger partial charge in [-0.15, -0.1) is 0 Å². The van der Waals surface area contributed by atoms with Gasteiger partial charge in [-0.3, -0.25) is 14.6 Å². The number of halogens is 1. The van der Waals surface area contributed by atoms with E-state index in [-0.39, 0.29) is 24.3 Å². The van der Waals surface area contributed by atoms with Crippen LogP contribution in [0.15, 0.2) is 60.8 Å². The van der Waals surface area contributed by atoms with Crippen LogP contribution in [0, 0.1) is 5.82 Å². The summed E-state index contributed by atoms with van der Waals surface area (Å²) in [4.78, 5) is 44.0. The number of hydrogen-bond acceptors (Lipinski definition) is 5. The molecule has 37 heavy (non-hydrogen) atoms. The van der Waals surface area contributed by atoms with Crippen molar-refractivity contribution >= 4 is 17.8 Å². The molecule has 1 saturated heterocycles. The molecule has 2 aromatic carbocycles. The van der Waals surface area contributed by atoms with Gasteiger partial charge < -0.3 is 15.0 Å². The Morgan fingerprint density at radius 3 is 2.54 bits per heavy atom. The lowest BCUT2D eigenvalue weighted by atomic mass is 9.90. The SMILES string of the molecule is CCNC(=O)c1ccc(-c2ccc(C3(C(=O)N4CC[C@@]5(C4)OC(=O)c4ccccc45)CC3)c(F)c2)cn1. The number of fused-ring (bicyclic) bond motifs is 2. The van der Waals surface area contributed by atoms with E-state index in [4.69, 9.17) is 4.74 Å². The summed E-state index contributed by atoms with van der Waals surface area (Å²) in [6.45, 7) is 3.07. The van der Waals surface area contributed by atoms with E-state index in [2.05, 4.69) is 10.3 Å². The van der Waals surface area contributed by atoms with E-state index in [1.165, 1.54) is 6.07 Å². The third-order valence-electron chi connectivity index (χ3n) is 7.76. The predicted octanol–water partition coefficient (Wildman–Crippen LogP) is 3.97. The van der Waals surface area contributed by atoms with Crippen LogP contribution >= 0.6 is 0 Å². The van der Waals surface area contributed by atoms with Crippen molar-refractivity contribution in [3.05, 3.63) is 89.0 Å². The number of pyridine rings is 1. The van der Waals surface area contributed by atoms with Crippen LogP contribution in [0.25, 0.3) is 11.1 Å². The molecule has 7 nitrogen and oxygen atoms in total. The molecule has 3 aromatic rings. The topological polar surface area (TPSA) is 88.6 Å². The highest BCUT2D eigenvalue weighted by atomic mass is 19.1. The highest BCUT2D eigenvalue weighted by Crippen LogP contribution is 2.53. The van der Waals surface area contributed by atoms with Crippen molar-refractivity contribution in [3.8, 4) is 11.1 Å². The van der Waals surface area contributed by atoms with Crippen molar-refractivity contribution in [1.82, 2.24) is 15.2 Å². The van der Waals surface area contributed by atoms with Gasteiger partial charge in [-0.05, 0) is 43.5 Å². The molecule has 1 saturated carbocycles. The number of hydrogen-bond donors (Lipinski definition) is 1. The van der Waals surface area contributed by atoms with Gasteiger partial charge in [-0.1, -0.05) is 36.4 Å². The monoisotopic (exact) mass is 499 g/mol. The van der Waals surface area contributed by atoms with Crippen LogP contribution < -0.4 is 5.32 Å². The third kappa shape index (κ3) is 3.70. The van der Waals surface area contributed by atoms with E-state index in [1.807, 2.05) is 19.1 Å². The maximum atomic E-state index is 15.4. The second-order valence-electron chi connectivity index (χ2n) is 9.97. The molecular weight excluding hydrogens is 473 g/mol. The van der Waals surface area contributed by atoms with E-state index in [9.17, 15) is 14.4 Å². The van der Waals surface area contributed by atoms with Crippen LogP contribution in [-0.2, 0) is 20.5 Å². The Labute approximate surface area is 213 Å². The number of rotatable bonds is 5. The van der Waals surface area contributed by atoms with Gasteiger partial charge in [0.1, 0.15) is 11.5 Å². The van der Waals surface area contributed by atoms with Crippen LogP contribution in [0.3, 0.4) is 0 Å². The van der Waals surface area contributed by atoms with Gasteiger partial charge in [-0.25, -0.2) is 9.18 Å². The Morgan fingerprint density at radius 1 is 1.05 bits per heavy atom. The fourth-order valence-electron chi connectivity index (χ4n) is 5.66. The second-order valence-corrected chi connectivity index (χ2v) is 9.97. The minimum atomic E-state index is -0.892. The van der Waals surface area contributed by atoms with Crippen molar-refractivity contribution in [2.75, 3.05) is 19.6 Å². The van der Waals surface area contributed by atoms with Gasteiger partial charge in [0.2, 0.25) is 5.91 Å². The van der Waals surface area contributed by atoms with E-state index in [0.717, 1.165) is 5.56 Å². The Hall–Kier alpha value is -4.07. The molecule has 1 atom stereocenters. The van der Waals surface area contributed by atoms with E-state index >= 15 is 4.39 Å². The largest absolute Gasteiger partial charge is 0.449 e. The van der Waals surface area contributed by atoms with Crippen LogP contribution in [0.1, 0.15) is 58.2 Å². The van der Waals surface area contributed by atoms with Crippen LogP contribution in [0.2, 0.25) is 0 Å². The fraction of sp³-hybridized carbons (Fsp3) is 0.310. The smallest absolute Gasteiger partial charge is 0.339 e. The Balaban J connectivity index is 1.22. The van der Waals surface area contributed by atoms with Crippen molar-refractivity contribution in [3.63, 3.8) is 0 Å². The summed E-state index contributed by atoms with van der Waals surface area (Å²) in [6, 6.07) is 15.5. The molecule has 2 fully saturated rings. The molecule has 3 aliphatic rings. The molecule has 1 aromatic heterocycles. The first-order valence-corrected chi connectivity index (χ1v) is 12.5. The number of aromatic nitrogens is 1. The summed E-state index contributed by atoms with van der Waals surface area (Å²) in [5.41, 5.74) is 1.63. The molecule has 2 amide bonds. The van der Waals surface area contributed by atoms with Crippen molar-refractivity contribution < 1.29 is 23.5 Å². The zero-order valence-electron chi connectivity index (χ0n) is 20.4. The number of esters is 1. The average molecular weight is 500 g/mol. The lowest BCUT2D eigenvalue weighted by Gasteiger charge is -2.27. The zero-order valence-corrected chi connectivity index (χ0v) is 20.4. The quantitative estimate of drug-likeness (QED) is 0.537. The Bertz CT molecular complexity index is 1430. The number of nitrogens with zero attached hydrogens (tertiary/aromatic N) is 2. The van der Waals surface area contributed by atoms with E-state index in [1.54, 1.807) is 47.5 Å². The van der Waals surface area contributed by atoms with Gasteiger partial charge in [0.05, 0.1) is 17.5 Å². The van der Waals surface area contributed by atoms with E-state index < -0.39 is 16.8 Å². The number of ether oxygens (including phenoxy) is 1. The lowest BCUT2D eigenvalue weighted by Crippen LogP contribution is -2.40. The van der Waals surface area contributed by atoms with Gasteiger partial charge in [0.25, 0.3) is 5.91 Å². The number of carbonyl (C=O) groups is 3. The summed E-state index contributed by atoms with van der Waals surface area (Å²) in [6.07, 6.45) is 3.22. The molecule has 2 aliphatic heterocycles. The van der Waals surface area contributed by atoms with Gasteiger partial charge in [0.15, 0.2) is 5.60 Å². The average Bonchev–Trinajstić information content (AvgIpc) is 3.53. The molecule has 1 N–H and O–H groups in total. The van der Waals surface area contributed by atoms with E-state index in [0.29, 0.717) is 60.3 Å². The minimum Gasteiger partial charge on any atom is -0.449 e. The lowest BCUT2D eigenvalue weighted by molar-refractivity contribution is -0.134. The number of nitrogens with one attached hydrogen (secondary N) is 1. The van der Waals surface area contributed by atoms with Crippen LogP contribution in [0.5, 0.6) is 0 Å². The summed E-state index contributed by atoms with van der Waals surface area (Å²) in [7, 11) is 0. The highest BCUT2D eigenvalue weighted by molar-refractivity contribution is 5.96. The van der Waals surface area contributed by atoms with Gasteiger partial charge in [-0.2, -0.15) is 0 Å². The molecule has 0 radical (unpaired) electrons. The van der Waals surface area contributed by atoms with Crippen LogP contribution in [0.4, 0.5) is 4.39 Å². The molecule has 0 bridgehead atoms. The molecule has 1 aliphatic carbocycles. The number of carbonyl (C=O) groups excluding carboxylic acids is 3. The molecule has 6 rings (SSSR count). The van der Waals surface area contributed by atoms with Crippen LogP contribution in [-0.4, -0.2) is 47.3 Å². The van der Waals surface area contributed by atoms with Crippen molar-refractivity contribution in [2.45, 2.75) is 37.2 Å². The first kappa shape index (κ1) is 23.3. The zero-order chi connectivity index (χ0) is 25.8. The molecule has 0 unspecified atom stereocenters. The fourth-order valence-corrected chi connectivity index (χ4v) is 5.66. The first-order valence-electron chi connectivity index (χ1n) is 12.5. The molecule has 188 valence electrons. The second kappa shape index (κ2) is 8.50. The third-order valence-corrected chi connectivity index (χ3v) is 7.76. The maximum Gasteiger partial charge on any atom is 0.339 e. The summed E-state index contributed by atoms with van der Waals surface area (Å²) in [5, 5.41) is 2.70. The molecular formula is C29H26FN3O4. The number of likely N-dealkylation sites (tertiary alicyclic amines) is 1. The predicted molar refractivity (Wildman–Crippen MR) is 133 cm³/mol. The standard InChI is InChI=1S/C29H26FN3O4/c1-2-31-25(34)24-10-8-19(16-32-24)18-7-9-22(23(30)15-18)28(11-12-28)27(36)33-14-13-29(17-33)21-6-4-3-5-20(21)26(35)37-29/h3-10,15-16H,2,11-14,17H2,1H3,(H,31,34)/t29-/m0/s1. The number of benzene rings is 2. The van der Waals surface area contributed by atoms with Gasteiger partial charge >= 0.3 is 5.97 Å². The number of amides is 2. The van der Waals surface area contributed by atoms with Crippen molar-refractivity contribution in [2.24, 2.45) is 0 Å². The Morgan fingerprint density at radius 2 is 1.84 bits per heavy atom. The van der Waals surface area contributed by atoms with Gasteiger partial charge in [0, 0.05) is 42.4 Å².